The van der Waals surface area contributed by atoms with Crippen molar-refractivity contribution in [1.29, 1.82) is 0 Å². The van der Waals surface area contributed by atoms with Gasteiger partial charge in [-0.05, 0) is 0 Å². The van der Waals surface area contributed by atoms with Crippen LogP contribution in [0.3, 0.4) is 0 Å². The number of rotatable bonds is 5. The van der Waals surface area contributed by atoms with Crippen molar-refractivity contribution in [2.45, 2.75) is 29.5 Å². The molecule has 0 aromatic rings. The summed E-state index contributed by atoms with van der Waals surface area (Å²) < 4.78 is 15.7. The second-order valence-electron chi connectivity index (χ2n) is 3.44. The van der Waals surface area contributed by atoms with E-state index in [0.29, 0.717) is 11.9 Å². The number of thioether (sulfide) groups is 1. The predicted octanol–water partition coefficient (Wildman–Crippen LogP) is 0.663. The van der Waals surface area contributed by atoms with Crippen LogP contribution < -0.4 is 0 Å². The van der Waals surface area contributed by atoms with E-state index in [9.17, 15) is 0 Å². The van der Waals surface area contributed by atoms with Crippen molar-refractivity contribution in [2.75, 3.05) is 27.4 Å². The van der Waals surface area contributed by atoms with Crippen molar-refractivity contribution in [3.63, 3.8) is 0 Å². The van der Waals surface area contributed by atoms with Gasteiger partial charge in [-0.1, -0.05) is 6.92 Å². The van der Waals surface area contributed by atoms with Crippen LogP contribution in [0.25, 0.3) is 0 Å². The number of hydrogen-bond acceptors (Lipinski definition) is 4. The van der Waals surface area contributed by atoms with Gasteiger partial charge in [0, 0.05) is 25.5 Å². The fourth-order valence-corrected chi connectivity index (χ4v) is 2.87. The van der Waals surface area contributed by atoms with Gasteiger partial charge in [-0.15, -0.1) is 11.8 Å². The van der Waals surface area contributed by atoms with Crippen LogP contribution in [0.2, 0.25) is 0 Å². The van der Waals surface area contributed by atoms with Gasteiger partial charge in [0.05, 0.1) is 24.6 Å². The van der Waals surface area contributed by atoms with Gasteiger partial charge < -0.3 is 14.2 Å². The van der Waals surface area contributed by atoms with Gasteiger partial charge in [0.25, 0.3) is 0 Å². The van der Waals surface area contributed by atoms with E-state index in [1.54, 1.807) is 26.0 Å². The molecule has 2 radical (unpaired) electrons. The van der Waals surface area contributed by atoms with Gasteiger partial charge in [0.2, 0.25) is 0 Å². The second-order valence-corrected chi connectivity index (χ2v) is 5.06. The minimum absolute atomic E-state index is 0.106. The Hall–Kier alpha value is 0.295. The lowest BCUT2D eigenvalue weighted by Crippen LogP contribution is -2.31. The monoisotopic (exact) mass is 216 g/mol. The first-order chi connectivity index (χ1) is 6.69. The summed E-state index contributed by atoms with van der Waals surface area (Å²) in [5.74, 6) is 0. The van der Waals surface area contributed by atoms with Crippen LogP contribution in [-0.2, 0) is 14.2 Å². The van der Waals surface area contributed by atoms with Crippen molar-refractivity contribution in [3.8, 4) is 0 Å². The molecule has 0 aliphatic carbocycles. The predicted molar refractivity (Wildman–Crippen MR) is 59.0 cm³/mol. The zero-order valence-corrected chi connectivity index (χ0v) is 9.75. The molecule has 1 aliphatic rings. The van der Waals surface area contributed by atoms with E-state index in [2.05, 4.69) is 6.92 Å². The minimum atomic E-state index is -0.218. The normalized spacial score (nSPS) is 34.6. The van der Waals surface area contributed by atoms with E-state index in [1.807, 2.05) is 0 Å². The van der Waals surface area contributed by atoms with Crippen LogP contribution >= 0.6 is 11.8 Å². The van der Waals surface area contributed by atoms with Crippen molar-refractivity contribution < 1.29 is 14.2 Å². The fraction of sp³-hybridized carbons (Fsp3) is 1.00. The Morgan fingerprint density at radius 2 is 2.29 bits per heavy atom. The SMILES string of the molecule is [B][C@@H]1OCC(OC)C1SC(C)COC. The third-order valence-corrected chi connectivity index (χ3v) is 3.72. The van der Waals surface area contributed by atoms with Gasteiger partial charge in [0.1, 0.15) is 7.85 Å². The number of ether oxygens (including phenoxy) is 3. The summed E-state index contributed by atoms with van der Waals surface area (Å²) in [5.41, 5.74) is 0. The molecule has 1 rings (SSSR count). The highest BCUT2D eigenvalue weighted by molar-refractivity contribution is 8.00. The third-order valence-electron chi connectivity index (χ3n) is 2.24. The highest BCUT2D eigenvalue weighted by Crippen LogP contribution is 2.30. The Morgan fingerprint density at radius 1 is 1.57 bits per heavy atom. The lowest BCUT2D eigenvalue weighted by molar-refractivity contribution is 0.0797. The average Bonchev–Trinajstić information content (AvgIpc) is 2.48. The van der Waals surface area contributed by atoms with Crippen LogP contribution in [0.1, 0.15) is 6.92 Å². The average molecular weight is 216 g/mol. The summed E-state index contributed by atoms with van der Waals surface area (Å²) in [6.45, 7) is 3.44. The van der Waals surface area contributed by atoms with Crippen molar-refractivity contribution in [2.24, 2.45) is 0 Å². The lowest BCUT2D eigenvalue weighted by Gasteiger charge is -2.22. The van der Waals surface area contributed by atoms with Gasteiger partial charge in [-0.2, -0.15) is 0 Å². The van der Waals surface area contributed by atoms with Gasteiger partial charge in [-0.3, -0.25) is 0 Å². The van der Waals surface area contributed by atoms with Crippen LogP contribution in [0, 0.1) is 0 Å². The maximum absolute atomic E-state index is 5.83. The largest absolute Gasteiger partial charge is 0.384 e. The summed E-state index contributed by atoms with van der Waals surface area (Å²) in [7, 11) is 9.22. The summed E-state index contributed by atoms with van der Waals surface area (Å²) in [4.78, 5) is 0. The molecule has 0 aromatic heterocycles. The maximum atomic E-state index is 5.83. The molecular weight excluding hydrogens is 199 g/mol. The molecule has 0 saturated carbocycles. The lowest BCUT2D eigenvalue weighted by atomic mass is 9.96. The molecule has 0 amide bonds. The molecule has 1 heterocycles. The topological polar surface area (TPSA) is 27.7 Å². The first-order valence-corrected chi connectivity index (χ1v) is 5.67. The Kier molecular flexibility index (Phi) is 5.30. The smallest absolute Gasteiger partial charge is 0.110 e. The van der Waals surface area contributed by atoms with Gasteiger partial charge >= 0.3 is 0 Å². The maximum Gasteiger partial charge on any atom is 0.110 e. The molecule has 14 heavy (non-hydrogen) atoms. The zero-order chi connectivity index (χ0) is 10.6. The summed E-state index contributed by atoms with van der Waals surface area (Å²) in [6.07, 6.45) is 0.106. The fourth-order valence-electron chi connectivity index (χ4n) is 1.52. The van der Waals surface area contributed by atoms with Gasteiger partial charge in [-0.25, -0.2) is 0 Å². The Labute approximate surface area is 91.3 Å². The molecule has 0 spiro atoms. The molecule has 80 valence electrons. The molecule has 3 nitrogen and oxygen atoms in total. The molecule has 3 unspecified atom stereocenters. The highest BCUT2D eigenvalue weighted by Gasteiger charge is 2.35. The molecule has 1 saturated heterocycles. The van der Waals surface area contributed by atoms with E-state index in [4.69, 9.17) is 22.1 Å². The van der Waals surface area contributed by atoms with Crippen LogP contribution in [-0.4, -0.2) is 57.9 Å². The molecular formula is C9H17BO3S. The highest BCUT2D eigenvalue weighted by atomic mass is 32.2. The number of methoxy groups -OCH3 is 2. The van der Waals surface area contributed by atoms with Crippen molar-refractivity contribution in [3.05, 3.63) is 0 Å². The third kappa shape index (κ3) is 3.16. The Bertz CT molecular complexity index is 170. The number of hydrogen-bond donors (Lipinski definition) is 0. The van der Waals surface area contributed by atoms with E-state index in [0.717, 1.165) is 6.61 Å². The molecule has 1 fully saturated rings. The van der Waals surface area contributed by atoms with Crippen LogP contribution in [0.4, 0.5) is 0 Å². The van der Waals surface area contributed by atoms with E-state index < -0.39 is 0 Å². The van der Waals surface area contributed by atoms with Crippen molar-refractivity contribution >= 4 is 19.6 Å². The first kappa shape index (κ1) is 12.4. The quantitative estimate of drug-likeness (QED) is 0.631. The van der Waals surface area contributed by atoms with Gasteiger partial charge in [0.15, 0.2) is 0 Å². The Balaban J connectivity index is 2.40. The van der Waals surface area contributed by atoms with Crippen LogP contribution in [0.15, 0.2) is 0 Å². The standard InChI is InChI=1S/C9H17BO3S/c1-6(4-11-2)14-8-7(12-3)5-13-9(8)10/h6-9H,4-5H2,1-3H3/t6?,7?,8?,9-/m1/s1. The van der Waals surface area contributed by atoms with Crippen molar-refractivity contribution in [1.82, 2.24) is 0 Å². The van der Waals surface area contributed by atoms with E-state index in [-0.39, 0.29) is 17.4 Å². The summed E-state index contributed by atoms with van der Waals surface area (Å²) in [6, 6.07) is -0.218. The van der Waals surface area contributed by atoms with E-state index >= 15 is 0 Å². The van der Waals surface area contributed by atoms with E-state index in [1.165, 1.54) is 0 Å². The minimum Gasteiger partial charge on any atom is -0.384 e. The summed E-state index contributed by atoms with van der Waals surface area (Å²) in [5, 5.41) is 0.626. The Morgan fingerprint density at radius 3 is 2.86 bits per heavy atom. The second kappa shape index (κ2) is 6.00. The first-order valence-electron chi connectivity index (χ1n) is 4.73. The molecule has 0 bridgehead atoms. The molecule has 4 atom stereocenters. The molecule has 0 N–H and O–H groups in total. The molecule has 5 heteroatoms. The van der Waals surface area contributed by atoms with Crippen LogP contribution in [0.5, 0.6) is 0 Å². The zero-order valence-electron chi connectivity index (χ0n) is 8.93. The molecule has 1 aliphatic heterocycles. The summed E-state index contributed by atoms with van der Waals surface area (Å²) >= 11 is 1.77. The molecule has 0 aromatic carbocycles.